The fraction of sp³-hybridized carbons (Fsp3) is 0.810. The predicted octanol–water partition coefficient (Wildman–Crippen LogP) is 4.67. The van der Waals surface area contributed by atoms with Crippen LogP contribution in [0.15, 0.2) is 12.2 Å². The topological polar surface area (TPSA) is 43.4 Å². The molecule has 0 aromatic carbocycles. The second kappa shape index (κ2) is 4.95. The first-order valence-corrected chi connectivity index (χ1v) is 12.9. The van der Waals surface area contributed by atoms with Crippen LogP contribution < -0.4 is 0 Å². The van der Waals surface area contributed by atoms with Crippen LogP contribution >= 0.6 is 0 Å². The Kier molecular flexibility index (Phi) is 3.49. The molecule has 0 unspecified atom stereocenters. The zero-order valence-electron chi connectivity index (χ0n) is 16.4. The number of hydrogen-bond acceptors (Lipinski definition) is 3. The Bertz CT molecular complexity index is 673. The number of carbonyl (C=O) groups excluding carboxylic acids is 2. The molecule has 0 heterocycles. The Morgan fingerprint density at radius 2 is 1.84 bits per heavy atom. The van der Waals surface area contributed by atoms with Crippen LogP contribution in [0.4, 0.5) is 0 Å². The molecule has 25 heavy (non-hydrogen) atoms. The van der Waals surface area contributed by atoms with Crippen LogP contribution in [0, 0.1) is 23.2 Å². The molecular weight excluding hydrogens is 328 g/mol. The molecule has 3 nitrogen and oxygen atoms in total. The van der Waals surface area contributed by atoms with Crippen molar-refractivity contribution in [3.8, 4) is 0 Å². The largest absolute Gasteiger partial charge is 0.401 e. The summed E-state index contributed by atoms with van der Waals surface area (Å²) in [6, 6.07) is 0. The second-order valence-corrected chi connectivity index (χ2v) is 15.2. The molecular formula is C21H32O3Si. The number of rotatable bonds is 2. The number of carbonyl (C=O) groups is 2. The van der Waals surface area contributed by atoms with Crippen molar-refractivity contribution >= 4 is 19.9 Å². The van der Waals surface area contributed by atoms with Gasteiger partial charge in [-0.25, -0.2) is 0 Å². The van der Waals surface area contributed by atoms with Crippen LogP contribution in [0.2, 0.25) is 18.1 Å². The minimum absolute atomic E-state index is 0.0123. The van der Waals surface area contributed by atoms with E-state index in [2.05, 4.69) is 40.4 Å². The van der Waals surface area contributed by atoms with Gasteiger partial charge < -0.3 is 4.43 Å². The average Bonchev–Trinajstić information content (AvgIpc) is 2.72. The summed E-state index contributed by atoms with van der Waals surface area (Å²) >= 11 is 0. The van der Waals surface area contributed by atoms with E-state index >= 15 is 0 Å². The monoisotopic (exact) mass is 360 g/mol. The fourth-order valence-electron chi connectivity index (χ4n) is 6.33. The lowest BCUT2D eigenvalue weighted by Crippen LogP contribution is -2.68. The van der Waals surface area contributed by atoms with Crippen LogP contribution in [-0.2, 0) is 14.0 Å². The number of fused-ring (bicyclic) bond motifs is 1. The Balaban J connectivity index is 1.86. The third-order valence-corrected chi connectivity index (χ3v) is 12.9. The number of ketones is 2. The van der Waals surface area contributed by atoms with Gasteiger partial charge in [-0.05, 0) is 61.7 Å². The van der Waals surface area contributed by atoms with Crippen LogP contribution in [-0.4, -0.2) is 25.5 Å². The summed E-state index contributed by atoms with van der Waals surface area (Å²) in [7, 11) is -2.15. The summed E-state index contributed by atoms with van der Waals surface area (Å²) in [5.41, 5.74) is -0.293. The van der Waals surface area contributed by atoms with E-state index in [4.69, 9.17) is 4.43 Å². The van der Waals surface area contributed by atoms with Gasteiger partial charge in [-0.2, -0.15) is 0 Å². The zero-order chi connectivity index (χ0) is 18.4. The van der Waals surface area contributed by atoms with Crippen molar-refractivity contribution in [2.24, 2.45) is 23.2 Å². The Morgan fingerprint density at radius 1 is 1.16 bits per heavy atom. The molecule has 4 heteroatoms. The van der Waals surface area contributed by atoms with Crippen molar-refractivity contribution in [1.82, 2.24) is 0 Å². The zero-order valence-corrected chi connectivity index (χ0v) is 17.4. The van der Waals surface area contributed by atoms with E-state index < -0.39 is 13.9 Å². The number of hydrogen-bond donors (Lipinski definition) is 0. The van der Waals surface area contributed by atoms with E-state index in [0.29, 0.717) is 18.6 Å². The van der Waals surface area contributed by atoms with Crippen molar-refractivity contribution < 1.29 is 14.0 Å². The third-order valence-electron chi connectivity index (χ3n) is 8.42. The first-order valence-electron chi connectivity index (χ1n) is 9.94. The van der Waals surface area contributed by atoms with Gasteiger partial charge in [0.15, 0.2) is 14.1 Å². The molecule has 0 saturated heterocycles. The molecule has 5 saturated carbocycles. The molecule has 5 aliphatic carbocycles. The van der Waals surface area contributed by atoms with E-state index in [1.807, 2.05) is 0 Å². The molecule has 5 rings (SSSR count). The van der Waals surface area contributed by atoms with Crippen LogP contribution in [0.3, 0.4) is 0 Å². The van der Waals surface area contributed by atoms with Gasteiger partial charge in [-0.15, -0.1) is 0 Å². The quantitative estimate of drug-likeness (QED) is 0.531. The van der Waals surface area contributed by atoms with E-state index in [-0.39, 0.29) is 34.0 Å². The first-order chi connectivity index (χ1) is 11.5. The lowest BCUT2D eigenvalue weighted by Gasteiger charge is -2.60. The SMILES string of the molecule is C=C1C[C@@]23C(=O)CCC[C@@H]2[C@@H]2CC[C@H]3[C@@]1(O[Si](C)(C)C(C)(C)C)C2=O. The fourth-order valence-corrected chi connectivity index (χ4v) is 7.83. The van der Waals surface area contributed by atoms with Gasteiger partial charge in [0, 0.05) is 23.7 Å². The minimum Gasteiger partial charge on any atom is -0.401 e. The van der Waals surface area contributed by atoms with Crippen molar-refractivity contribution in [3.63, 3.8) is 0 Å². The van der Waals surface area contributed by atoms with Crippen molar-refractivity contribution in [2.75, 3.05) is 0 Å². The standard InChI is InChI=1S/C21H32O3Si/c1-13-12-20-15(8-7-9-17(20)22)14-10-11-16(20)21(13,18(14)23)24-25(5,6)19(2,3)4/h14-16H,1,7-12H2,2-6H3/t14-,15+,16+,20+,21+/m0/s1. The van der Waals surface area contributed by atoms with Gasteiger partial charge in [-0.3, -0.25) is 9.59 Å². The van der Waals surface area contributed by atoms with Crippen molar-refractivity contribution in [2.45, 2.75) is 83.0 Å². The third kappa shape index (κ3) is 1.91. The maximum Gasteiger partial charge on any atom is 0.193 e. The van der Waals surface area contributed by atoms with Crippen LogP contribution in [0.5, 0.6) is 0 Å². The maximum atomic E-state index is 13.7. The summed E-state index contributed by atoms with van der Waals surface area (Å²) in [6.07, 6.45) is 5.24. The van der Waals surface area contributed by atoms with Crippen molar-refractivity contribution in [1.29, 1.82) is 0 Å². The molecule has 0 amide bonds. The highest BCUT2D eigenvalue weighted by Gasteiger charge is 2.77. The van der Waals surface area contributed by atoms with Gasteiger partial charge in [0.1, 0.15) is 11.4 Å². The van der Waals surface area contributed by atoms with Gasteiger partial charge in [0.2, 0.25) is 0 Å². The summed E-state index contributed by atoms with van der Waals surface area (Å²) in [5, 5.41) is 0.0325. The highest BCUT2D eigenvalue weighted by molar-refractivity contribution is 6.74. The molecule has 138 valence electrons. The molecule has 0 aliphatic heterocycles. The lowest BCUT2D eigenvalue weighted by atomic mass is 9.45. The summed E-state index contributed by atoms with van der Waals surface area (Å²) in [5.74, 6) is 0.963. The summed E-state index contributed by atoms with van der Waals surface area (Å²) < 4.78 is 6.91. The minimum atomic E-state index is -2.15. The Hall–Kier alpha value is -0.743. The average molecular weight is 361 g/mol. The highest BCUT2D eigenvalue weighted by Crippen LogP contribution is 2.72. The smallest absolute Gasteiger partial charge is 0.193 e. The molecule has 1 spiro atoms. The molecule has 0 aromatic rings. The van der Waals surface area contributed by atoms with E-state index in [1.165, 1.54) is 0 Å². The first kappa shape index (κ1) is 17.7. The van der Waals surface area contributed by atoms with E-state index in [0.717, 1.165) is 31.3 Å². The van der Waals surface area contributed by atoms with Gasteiger partial charge in [0.25, 0.3) is 0 Å². The Morgan fingerprint density at radius 3 is 2.48 bits per heavy atom. The van der Waals surface area contributed by atoms with E-state index in [1.54, 1.807) is 0 Å². The van der Waals surface area contributed by atoms with Crippen molar-refractivity contribution in [3.05, 3.63) is 12.2 Å². The number of Topliss-reactive ketones (excluding diaryl/α,β-unsaturated/α-hetero) is 2. The van der Waals surface area contributed by atoms with Gasteiger partial charge in [0.05, 0.1) is 0 Å². The molecule has 5 fully saturated rings. The molecule has 0 N–H and O–H groups in total. The molecule has 0 aromatic heterocycles. The molecule has 0 radical (unpaired) electrons. The Labute approximate surface area is 152 Å². The van der Waals surface area contributed by atoms with Crippen LogP contribution in [0.25, 0.3) is 0 Å². The van der Waals surface area contributed by atoms with Crippen LogP contribution in [0.1, 0.15) is 59.3 Å². The normalized spacial score (nSPS) is 43.6. The molecule has 5 atom stereocenters. The van der Waals surface area contributed by atoms with E-state index in [9.17, 15) is 9.59 Å². The maximum absolute atomic E-state index is 13.7. The molecule has 4 bridgehead atoms. The van der Waals surface area contributed by atoms with Gasteiger partial charge >= 0.3 is 0 Å². The lowest BCUT2D eigenvalue weighted by molar-refractivity contribution is -0.180. The highest BCUT2D eigenvalue weighted by atomic mass is 28.4. The summed E-state index contributed by atoms with van der Waals surface area (Å²) in [6.45, 7) is 15.4. The van der Waals surface area contributed by atoms with Gasteiger partial charge in [-0.1, -0.05) is 27.4 Å². The molecule has 5 aliphatic rings. The second-order valence-electron chi connectivity index (χ2n) is 10.4. The summed E-state index contributed by atoms with van der Waals surface area (Å²) in [4.78, 5) is 26.8. The predicted molar refractivity (Wildman–Crippen MR) is 101 cm³/mol.